The Morgan fingerprint density at radius 1 is 1.65 bits per heavy atom. The number of aliphatic hydroxyl groups is 1. The van der Waals surface area contributed by atoms with Gasteiger partial charge in [0.05, 0.1) is 12.1 Å². The van der Waals surface area contributed by atoms with Crippen molar-refractivity contribution in [2.24, 2.45) is 5.92 Å². The fourth-order valence-corrected chi connectivity index (χ4v) is 2.78. The van der Waals surface area contributed by atoms with Crippen molar-refractivity contribution >= 4 is 17.4 Å². The van der Waals surface area contributed by atoms with Gasteiger partial charge in [0.1, 0.15) is 5.82 Å². The van der Waals surface area contributed by atoms with Gasteiger partial charge in [0, 0.05) is 6.20 Å². The summed E-state index contributed by atoms with van der Waals surface area (Å²) in [4.78, 5) is 7.97. The summed E-state index contributed by atoms with van der Waals surface area (Å²) in [5.74, 6) is 1.31. The maximum absolute atomic E-state index is 9.65. The molecule has 5 heteroatoms. The normalized spacial score (nSPS) is 29.0. The van der Waals surface area contributed by atoms with Gasteiger partial charge in [-0.05, 0) is 36.4 Å². The van der Waals surface area contributed by atoms with Gasteiger partial charge in [-0.1, -0.05) is 19.8 Å². The molecule has 0 radical (unpaired) electrons. The van der Waals surface area contributed by atoms with Gasteiger partial charge in [-0.25, -0.2) is 9.97 Å². The molecule has 1 saturated carbocycles. The largest absolute Gasteiger partial charge is 0.394 e. The van der Waals surface area contributed by atoms with E-state index in [-0.39, 0.29) is 17.4 Å². The third-order valence-corrected chi connectivity index (χ3v) is 3.60. The monoisotopic (exact) mass is 255 g/mol. The van der Waals surface area contributed by atoms with Gasteiger partial charge in [0.25, 0.3) is 0 Å². The van der Waals surface area contributed by atoms with Crippen molar-refractivity contribution in [2.45, 2.75) is 38.1 Å². The van der Waals surface area contributed by atoms with Crippen LogP contribution in [-0.4, -0.2) is 27.2 Å². The minimum atomic E-state index is -0.255. The van der Waals surface area contributed by atoms with E-state index in [4.69, 9.17) is 11.6 Å². The number of halogens is 1. The first-order chi connectivity index (χ1) is 8.13. The summed E-state index contributed by atoms with van der Waals surface area (Å²) in [7, 11) is 0. The number of nitrogens with zero attached hydrogens (tertiary/aromatic N) is 2. The minimum absolute atomic E-state index is 0.124. The molecule has 1 aromatic rings. The number of hydrogen-bond donors (Lipinski definition) is 2. The number of aromatic nitrogens is 2. The van der Waals surface area contributed by atoms with Crippen LogP contribution >= 0.6 is 11.6 Å². The summed E-state index contributed by atoms with van der Waals surface area (Å²) in [5, 5.41) is 13.2. The van der Waals surface area contributed by atoms with Crippen LogP contribution in [-0.2, 0) is 0 Å². The predicted molar refractivity (Wildman–Crippen MR) is 68.1 cm³/mol. The fraction of sp³-hybridized carbons (Fsp3) is 0.667. The van der Waals surface area contributed by atoms with Crippen LogP contribution in [0.1, 0.15) is 32.6 Å². The number of anilines is 1. The molecule has 1 aliphatic rings. The number of aliphatic hydroxyl groups excluding tert-OH is 1. The van der Waals surface area contributed by atoms with Gasteiger partial charge in [-0.15, -0.1) is 0 Å². The number of nitrogens with one attached hydrogen (secondary N) is 1. The lowest BCUT2D eigenvalue weighted by Crippen LogP contribution is -2.46. The van der Waals surface area contributed by atoms with Crippen LogP contribution in [0, 0.1) is 5.92 Å². The zero-order valence-corrected chi connectivity index (χ0v) is 10.7. The molecule has 2 rings (SSSR count). The Labute approximate surface area is 106 Å². The van der Waals surface area contributed by atoms with E-state index in [2.05, 4.69) is 22.2 Å². The second-order valence-corrected chi connectivity index (χ2v) is 5.31. The van der Waals surface area contributed by atoms with E-state index in [0.717, 1.165) is 19.3 Å². The smallest absolute Gasteiger partial charge is 0.224 e. The van der Waals surface area contributed by atoms with Gasteiger partial charge in [0.2, 0.25) is 5.28 Å². The molecule has 0 aliphatic heterocycles. The molecule has 4 nitrogen and oxygen atoms in total. The molecule has 94 valence electrons. The van der Waals surface area contributed by atoms with Crippen molar-refractivity contribution in [1.29, 1.82) is 0 Å². The highest BCUT2D eigenvalue weighted by atomic mass is 35.5. The third-order valence-electron chi connectivity index (χ3n) is 3.41. The second-order valence-electron chi connectivity index (χ2n) is 4.98. The lowest BCUT2D eigenvalue weighted by Gasteiger charge is -2.39. The average molecular weight is 256 g/mol. The maximum atomic E-state index is 9.65. The Balaban J connectivity index is 2.13. The van der Waals surface area contributed by atoms with Crippen LogP contribution in [0.25, 0.3) is 0 Å². The van der Waals surface area contributed by atoms with E-state index in [1.807, 2.05) is 0 Å². The summed E-state index contributed by atoms with van der Waals surface area (Å²) in [6.45, 7) is 2.34. The van der Waals surface area contributed by atoms with Gasteiger partial charge in [0.15, 0.2) is 0 Å². The topological polar surface area (TPSA) is 58.0 Å². The minimum Gasteiger partial charge on any atom is -0.394 e. The molecule has 1 fully saturated rings. The van der Waals surface area contributed by atoms with Gasteiger partial charge in [-0.2, -0.15) is 0 Å². The van der Waals surface area contributed by atoms with Crippen LogP contribution in [0.15, 0.2) is 12.3 Å². The molecule has 1 heterocycles. The third kappa shape index (κ3) is 3.07. The lowest BCUT2D eigenvalue weighted by molar-refractivity contribution is 0.149. The van der Waals surface area contributed by atoms with E-state index in [1.165, 1.54) is 6.42 Å². The molecule has 0 spiro atoms. The predicted octanol–water partition coefficient (Wildman–Crippen LogP) is 2.48. The molecule has 2 N–H and O–H groups in total. The van der Waals surface area contributed by atoms with Crippen molar-refractivity contribution < 1.29 is 5.11 Å². The van der Waals surface area contributed by atoms with Crippen LogP contribution in [0.3, 0.4) is 0 Å². The van der Waals surface area contributed by atoms with Crippen molar-refractivity contribution in [3.8, 4) is 0 Å². The molecule has 17 heavy (non-hydrogen) atoms. The van der Waals surface area contributed by atoms with Crippen molar-refractivity contribution in [3.63, 3.8) is 0 Å². The molecular formula is C12H18ClN3O. The molecule has 1 aliphatic carbocycles. The highest BCUT2D eigenvalue weighted by Gasteiger charge is 2.34. The molecule has 2 atom stereocenters. The molecular weight excluding hydrogens is 238 g/mol. The zero-order valence-electron chi connectivity index (χ0n) is 9.99. The van der Waals surface area contributed by atoms with Gasteiger partial charge >= 0.3 is 0 Å². The van der Waals surface area contributed by atoms with Gasteiger partial charge < -0.3 is 10.4 Å². The first-order valence-corrected chi connectivity index (χ1v) is 6.39. The highest BCUT2D eigenvalue weighted by Crippen LogP contribution is 2.34. The van der Waals surface area contributed by atoms with E-state index in [1.54, 1.807) is 12.3 Å². The summed E-state index contributed by atoms with van der Waals surface area (Å²) in [5.41, 5.74) is -0.255. The molecule has 0 aromatic carbocycles. The highest BCUT2D eigenvalue weighted by molar-refractivity contribution is 6.28. The van der Waals surface area contributed by atoms with Crippen LogP contribution < -0.4 is 5.32 Å². The Morgan fingerprint density at radius 3 is 3.12 bits per heavy atom. The molecule has 0 saturated heterocycles. The SMILES string of the molecule is CC1CCCC(CO)(Nc2ccnc(Cl)n2)C1. The van der Waals surface area contributed by atoms with Crippen molar-refractivity contribution in [2.75, 3.05) is 11.9 Å². The summed E-state index contributed by atoms with van der Waals surface area (Å²) < 4.78 is 0. The molecule has 0 bridgehead atoms. The number of rotatable bonds is 3. The van der Waals surface area contributed by atoms with Gasteiger partial charge in [-0.3, -0.25) is 0 Å². The number of hydrogen-bond acceptors (Lipinski definition) is 4. The average Bonchev–Trinajstić information content (AvgIpc) is 2.29. The Morgan fingerprint density at radius 2 is 2.47 bits per heavy atom. The Kier molecular flexibility index (Phi) is 3.84. The standard InChI is InChI=1S/C12H18ClN3O/c1-9-3-2-5-12(7-9,8-17)16-10-4-6-14-11(13)15-10/h4,6,9,17H,2-3,5,7-8H2,1H3,(H,14,15,16). The summed E-state index contributed by atoms with van der Waals surface area (Å²) >= 11 is 5.76. The first-order valence-electron chi connectivity index (χ1n) is 6.01. The second kappa shape index (κ2) is 5.19. The van der Waals surface area contributed by atoms with Crippen molar-refractivity contribution in [1.82, 2.24) is 9.97 Å². The summed E-state index contributed by atoms with van der Waals surface area (Å²) in [6.07, 6.45) is 5.91. The maximum Gasteiger partial charge on any atom is 0.224 e. The first kappa shape index (κ1) is 12.6. The molecule has 0 amide bonds. The van der Waals surface area contributed by atoms with Crippen LogP contribution in [0.5, 0.6) is 0 Å². The van der Waals surface area contributed by atoms with E-state index in [0.29, 0.717) is 11.7 Å². The van der Waals surface area contributed by atoms with E-state index >= 15 is 0 Å². The van der Waals surface area contributed by atoms with E-state index < -0.39 is 0 Å². The van der Waals surface area contributed by atoms with E-state index in [9.17, 15) is 5.11 Å². The van der Waals surface area contributed by atoms with Crippen molar-refractivity contribution in [3.05, 3.63) is 17.5 Å². The Hall–Kier alpha value is -0.870. The zero-order chi connectivity index (χ0) is 12.3. The van der Waals surface area contributed by atoms with Crippen LogP contribution in [0.4, 0.5) is 5.82 Å². The fourth-order valence-electron chi connectivity index (χ4n) is 2.63. The Bertz CT molecular complexity index is 388. The molecule has 1 aromatic heterocycles. The molecule has 2 unspecified atom stereocenters. The quantitative estimate of drug-likeness (QED) is 0.815. The lowest BCUT2D eigenvalue weighted by atomic mass is 9.77. The van der Waals surface area contributed by atoms with Crippen LogP contribution in [0.2, 0.25) is 5.28 Å². The summed E-state index contributed by atoms with van der Waals surface area (Å²) in [6, 6.07) is 1.78.